The maximum absolute atomic E-state index is 13.7. The molecular formula is C13H12F9NO6S. The van der Waals surface area contributed by atoms with Crippen molar-refractivity contribution in [2.45, 2.75) is 49.8 Å². The van der Waals surface area contributed by atoms with Crippen LogP contribution in [-0.2, 0) is 28.7 Å². The van der Waals surface area contributed by atoms with Crippen LogP contribution in [0.3, 0.4) is 0 Å². The van der Waals surface area contributed by atoms with Gasteiger partial charge in [-0.1, -0.05) is 6.92 Å². The third-order valence-electron chi connectivity index (χ3n) is 4.56. The van der Waals surface area contributed by atoms with Gasteiger partial charge in [-0.2, -0.15) is 47.9 Å². The van der Waals surface area contributed by atoms with Gasteiger partial charge in [0.25, 0.3) is 11.8 Å². The predicted octanol–water partition coefficient (Wildman–Crippen LogP) is 3.03. The molecule has 0 aromatic rings. The van der Waals surface area contributed by atoms with Crippen molar-refractivity contribution in [3.05, 3.63) is 0 Å². The summed E-state index contributed by atoms with van der Waals surface area (Å²) in [6.45, 7) is 1.65. The SMILES string of the molecule is CC1CCC2C(=O)N(OS(=O)(=O)C(F)(F)C(F)(F)OC(F)(F)C(F)(F)F)C(=O)C2C1. The molecule has 0 aromatic carbocycles. The Morgan fingerprint density at radius 3 is 1.87 bits per heavy atom. The Hall–Kier alpha value is -1.62. The molecule has 1 saturated carbocycles. The van der Waals surface area contributed by atoms with Gasteiger partial charge in [0.1, 0.15) is 0 Å². The summed E-state index contributed by atoms with van der Waals surface area (Å²) in [5.41, 5.74) is 0. The lowest BCUT2D eigenvalue weighted by atomic mass is 9.76. The van der Waals surface area contributed by atoms with Gasteiger partial charge in [-0.15, -0.1) is 9.35 Å². The molecule has 0 bridgehead atoms. The number of carbonyl (C=O) groups is 2. The second kappa shape index (κ2) is 7.22. The lowest BCUT2D eigenvalue weighted by Crippen LogP contribution is -2.56. The van der Waals surface area contributed by atoms with Crippen LogP contribution in [-0.4, -0.2) is 48.9 Å². The van der Waals surface area contributed by atoms with E-state index in [4.69, 9.17) is 0 Å². The van der Waals surface area contributed by atoms with Crippen molar-refractivity contribution in [1.29, 1.82) is 0 Å². The van der Waals surface area contributed by atoms with Gasteiger partial charge in [-0.25, -0.2) is 4.74 Å². The van der Waals surface area contributed by atoms with E-state index in [9.17, 15) is 57.5 Å². The minimum atomic E-state index is -7.17. The molecule has 1 heterocycles. The number of hydrogen-bond donors (Lipinski definition) is 0. The highest BCUT2D eigenvalue weighted by Crippen LogP contribution is 2.48. The summed E-state index contributed by atoms with van der Waals surface area (Å²) >= 11 is 0. The van der Waals surface area contributed by atoms with E-state index < -0.39 is 62.5 Å². The van der Waals surface area contributed by atoms with Gasteiger partial charge < -0.3 is 0 Å². The van der Waals surface area contributed by atoms with Crippen LogP contribution in [0.25, 0.3) is 0 Å². The lowest BCUT2D eigenvalue weighted by Gasteiger charge is -2.29. The van der Waals surface area contributed by atoms with Gasteiger partial charge in [0, 0.05) is 0 Å². The highest BCUT2D eigenvalue weighted by Gasteiger charge is 2.76. The highest BCUT2D eigenvalue weighted by atomic mass is 32.2. The molecule has 1 aliphatic heterocycles. The van der Waals surface area contributed by atoms with Crippen molar-refractivity contribution >= 4 is 21.9 Å². The average Bonchev–Trinajstić information content (AvgIpc) is 2.77. The van der Waals surface area contributed by atoms with Crippen LogP contribution in [0.1, 0.15) is 26.2 Å². The highest BCUT2D eigenvalue weighted by molar-refractivity contribution is 7.87. The lowest BCUT2D eigenvalue weighted by molar-refractivity contribution is -0.476. The second-order valence-electron chi connectivity index (χ2n) is 6.78. The average molecular weight is 481 g/mol. The first-order chi connectivity index (χ1) is 13.3. The predicted molar refractivity (Wildman–Crippen MR) is 73.8 cm³/mol. The van der Waals surface area contributed by atoms with Crippen molar-refractivity contribution < 1.29 is 66.5 Å². The van der Waals surface area contributed by atoms with Gasteiger partial charge in [-0.3, -0.25) is 9.59 Å². The van der Waals surface area contributed by atoms with Crippen LogP contribution in [0.5, 0.6) is 0 Å². The molecule has 2 aliphatic rings. The monoisotopic (exact) mass is 481 g/mol. The van der Waals surface area contributed by atoms with Crippen molar-refractivity contribution in [3.8, 4) is 0 Å². The molecule has 3 unspecified atom stereocenters. The summed E-state index contributed by atoms with van der Waals surface area (Å²) < 4.78 is 143. The molecule has 0 N–H and O–H groups in total. The van der Waals surface area contributed by atoms with Gasteiger partial charge in [-0.05, 0) is 25.2 Å². The summed E-state index contributed by atoms with van der Waals surface area (Å²) in [5.74, 6) is -5.44. The Labute approximate surface area is 162 Å². The molecule has 1 saturated heterocycles. The number of hydrogen-bond acceptors (Lipinski definition) is 6. The molecular weight excluding hydrogens is 469 g/mol. The van der Waals surface area contributed by atoms with E-state index in [0.29, 0.717) is 6.42 Å². The van der Waals surface area contributed by atoms with E-state index in [1.54, 1.807) is 11.7 Å². The van der Waals surface area contributed by atoms with E-state index in [0.717, 1.165) is 0 Å². The molecule has 1 aliphatic carbocycles. The molecule has 0 spiro atoms. The van der Waals surface area contributed by atoms with Gasteiger partial charge in [0.2, 0.25) is 0 Å². The number of nitrogens with zero attached hydrogens (tertiary/aromatic N) is 1. The molecule has 30 heavy (non-hydrogen) atoms. The molecule has 0 aromatic heterocycles. The van der Waals surface area contributed by atoms with E-state index in [-0.39, 0.29) is 18.8 Å². The summed E-state index contributed by atoms with van der Waals surface area (Å²) in [6, 6.07) is 0. The van der Waals surface area contributed by atoms with Crippen molar-refractivity contribution in [1.82, 2.24) is 5.06 Å². The third-order valence-corrected chi connectivity index (χ3v) is 5.77. The van der Waals surface area contributed by atoms with Crippen molar-refractivity contribution in [3.63, 3.8) is 0 Å². The van der Waals surface area contributed by atoms with Crippen LogP contribution >= 0.6 is 0 Å². The Morgan fingerprint density at radius 1 is 0.867 bits per heavy atom. The molecule has 3 atom stereocenters. The minimum absolute atomic E-state index is 0.0165. The molecule has 2 rings (SSSR count). The van der Waals surface area contributed by atoms with Gasteiger partial charge in [0.15, 0.2) is 0 Å². The first-order valence-corrected chi connectivity index (χ1v) is 9.38. The van der Waals surface area contributed by atoms with E-state index in [2.05, 4.69) is 4.28 Å². The number of halogens is 9. The first-order valence-electron chi connectivity index (χ1n) is 7.97. The number of hydroxylamine groups is 2. The first kappa shape index (κ1) is 24.6. The topological polar surface area (TPSA) is 90.0 Å². The maximum Gasteiger partial charge on any atom is 0.483 e. The summed E-state index contributed by atoms with van der Waals surface area (Å²) in [6.07, 6.45) is -20.3. The van der Waals surface area contributed by atoms with Crippen LogP contribution in [0.2, 0.25) is 0 Å². The van der Waals surface area contributed by atoms with E-state index in [1.807, 2.05) is 0 Å². The second-order valence-corrected chi connectivity index (χ2v) is 8.35. The molecule has 0 radical (unpaired) electrons. The minimum Gasteiger partial charge on any atom is -0.272 e. The standard InChI is InChI=1S/C13H12F9NO6S/c1-5-2-3-6-7(4-5)9(25)23(8(6)24)29-30(26,27)13(21,22)12(19,20)28-11(17,18)10(14,15)16/h5-7H,2-4H2,1H3. The molecule has 2 amide bonds. The number of ether oxygens (including phenoxy) is 1. The third kappa shape index (κ3) is 3.98. The number of fused-ring (bicyclic) bond motifs is 1. The number of rotatable bonds is 6. The molecule has 174 valence electrons. The Morgan fingerprint density at radius 2 is 1.37 bits per heavy atom. The van der Waals surface area contributed by atoms with Crippen LogP contribution in [0.4, 0.5) is 39.5 Å². The number of amides is 2. The van der Waals surface area contributed by atoms with Gasteiger partial charge >= 0.3 is 33.8 Å². The molecule has 17 heteroatoms. The van der Waals surface area contributed by atoms with E-state index >= 15 is 0 Å². The zero-order valence-corrected chi connectivity index (χ0v) is 15.4. The maximum atomic E-state index is 13.7. The van der Waals surface area contributed by atoms with Gasteiger partial charge in [0.05, 0.1) is 11.8 Å². The van der Waals surface area contributed by atoms with E-state index in [1.165, 1.54) is 0 Å². The Bertz CT molecular complexity index is 827. The number of carbonyl (C=O) groups excluding carboxylic acids is 2. The van der Waals surface area contributed by atoms with Crippen molar-refractivity contribution in [2.75, 3.05) is 0 Å². The fraction of sp³-hybridized carbons (Fsp3) is 0.846. The molecule has 2 fully saturated rings. The summed E-state index contributed by atoms with van der Waals surface area (Å²) in [7, 11) is -7.17. The van der Waals surface area contributed by atoms with Crippen LogP contribution < -0.4 is 0 Å². The number of alkyl halides is 9. The number of imide groups is 1. The fourth-order valence-corrected chi connectivity index (χ4v) is 3.77. The summed E-state index contributed by atoms with van der Waals surface area (Å²) in [5, 5.41) is -7.58. The fourth-order valence-electron chi connectivity index (χ4n) is 3.00. The summed E-state index contributed by atoms with van der Waals surface area (Å²) in [4.78, 5) is 24.1. The Balaban J connectivity index is 2.29. The largest absolute Gasteiger partial charge is 0.483 e. The van der Waals surface area contributed by atoms with Crippen LogP contribution in [0.15, 0.2) is 0 Å². The molecule has 7 nitrogen and oxygen atoms in total. The van der Waals surface area contributed by atoms with Crippen LogP contribution in [0, 0.1) is 17.8 Å². The smallest absolute Gasteiger partial charge is 0.272 e. The zero-order chi connectivity index (χ0) is 23.5. The quantitative estimate of drug-likeness (QED) is 0.428. The normalized spacial score (nSPS) is 26.9. The zero-order valence-electron chi connectivity index (χ0n) is 14.6. The Kier molecular flexibility index (Phi) is 5.93. The van der Waals surface area contributed by atoms with Crippen molar-refractivity contribution in [2.24, 2.45) is 17.8 Å².